The number of likely N-dealkylation sites (N-methyl/N-ethyl adjacent to an activating group) is 1. The first-order valence-electron chi connectivity index (χ1n) is 7.90. The summed E-state index contributed by atoms with van der Waals surface area (Å²) in [6, 6.07) is 10.3. The van der Waals surface area contributed by atoms with Gasteiger partial charge in [-0.25, -0.2) is 0 Å². The minimum atomic E-state index is 0.200. The molecule has 0 spiro atoms. The van der Waals surface area contributed by atoms with E-state index >= 15 is 0 Å². The molecule has 2 aliphatic rings. The first-order chi connectivity index (χ1) is 9.31. The van der Waals surface area contributed by atoms with Crippen LogP contribution in [0, 0.1) is 0 Å². The quantitative estimate of drug-likeness (QED) is 0.901. The van der Waals surface area contributed by atoms with Crippen molar-refractivity contribution >= 4 is 0 Å². The third kappa shape index (κ3) is 2.44. The average molecular weight is 258 g/mol. The zero-order valence-electron chi connectivity index (χ0n) is 12.0. The summed E-state index contributed by atoms with van der Waals surface area (Å²) >= 11 is 0. The Bertz CT molecular complexity index is 423. The molecule has 19 heavy (non-hydrogen) atoms. The van der Waals surface area contributed by atoms with E-state index in [-0.39, 0.29) is 6.04 Å². The predicted molar refractivity (Wildman–Crippen MR) is 80.1 cm³/mol. The van der Waals surface area contributed by atoms with Crippen LogP contribution in [0.2, 0.25) is 0 Å². The van der Waals surface area contributed by atoms with E-state index in [1.54, 1.807) is 0 Å². The van der Waals surface area contributed by atoms with Gasteiger partial charge in [0.15, 0.2) is 0 Å². The molecule has 104 valence electrons. The van der Waals surface area contributed by atoms with E-state index in [9.17, 15) is 0 Å². The lowest BCUT2D eigenvalue weighted by Crippen LogP contribution is -2.49. The Morgan fingerprint density at radius 1 is 1.16 bits per heavy atom. The summed E-state index contributed by atoms with van der Waals surface area (Å²) in [5.74, 6) is 0. The van der Waals surface area contributed by atoms with Crippen LogP contribution in [0.3, 0.4) is 0 Å². The number of hydrogen-bond acceptors (Lipinski definition) is 2. The highest BCUT2D eigenvalue weighted by molar-refractivity contribution is 5.33. The molecule has 1 fully saturated rings. The first-order valence-corrected chi connectivity index (χ1v) is 7.90. The molecule has 0 saturated heterocycles. The average Bonchev–Trinajstić information content (AvgIpc) is 2.96. The summed E-state index contributed by atoms with van der Waals surface area (Å²) < 4.78 is 0. The molecule has 1 saturated carbocycles. The van der Waals surface area contributed by atoms with Gasteiger partial charge in [0, 0.05) is 18.1 Å². The molecule has 2 unspecified atom stereocenters. The molecule has 0 aliphatic heterocycles. The molecule has 1 aromatic rings. The summed E-state index contributed by atoms with van der Waals surface area (Å²) in [5.41, 5.74) is 9.44. The van der Waals surface area contributed by atoms with E-state index in [0.717, 1.165) is 12.6 Å². The van der Waals surface area contributed by atoms with Crippen molar-refractivity contribution in [1.29, 1.82) is 0 Å². The Balaban J connectivity index is 1.81. The van der Waals surface area contributed by atoms with Crippen molar-refractivity contribution in [1.82, 2.24) is 4.90 Å². The molecule has 0 amide bonds. The van der Waals surface area contributed by atoms with E-state index in [2.05, 4.69) is 36.1 Å². The van der Waals surface area contributed by atoms with Crippen molar-refractivity contribution in [2.75, 3.05) is 6.54 Å². The predicted octanol–water partition coefficient (Wildman–Crippen LogP) is 3.27. The Morgan fingerprint density at radius 2 is 1.89 bits per heavy atom. The lowest BCUT2D eigenvalue weighted by molar-refractivity contribution is 0.111. The fourth-order valence-electron chi connectivity index (χ4n) is 4.15. The van der Waals surface area contributed by atoms with Crippen LogP contribution >= 0.6 is 0 Å². The third-order valence-corrected chi connectivity index (χ3v) is 5.12. The van der Waals surface area contributed by atoms with E-state index in [1.807, 2.05) is 0 Å². The van der Waals surface area contributed by atoms with Crippen LogP contribution in [0.15, 0.2) is 24.3 Å². The van der Waals surface area contributed by atoms with Gasteiger partial charge in [0.1, 0.15) is 0 Å². The second-order valence-corrected chi connectivity index (χ2v) is 6.10. The minimum Gasteiger partial charge on any atom is -0.323 e. The molecule has 1 aromatic carbocycles. The monoisotopic (exact) mass is 258 g/mol. The molecule has 0 bridgehead atoms. The van der Waals surface area contributed by atoms with Crippen LogP contribution in [0.25, 0.3) is 0 Å². The first kappa shape index (κ1) is 13.1. The fourth-order valence-corrected chi connectivity index (χ4v) is 4.15. The highest BCUT2D eigenvalue weighted by atomic mass is 15.2. The van der Waals surface area contributed by atoms with Crippen molar-refractivity contribution in [3.63, 3.8) is 0 Å². The van der Waals surface area contributed by atoms with Crippen LogP contribution in [0.5, 0.6) is 0 Å². The SMILES string of the molecule is CCN(C1CCCC1)C1CCc2ccccc2C1N. The van der Waals surface area contributed by atoms with E-state index < -0.39 is 0 Å². The van der Waals surface area contributed by atoms with Crippen molar-refractivity contribution in [2.24, 2.45) is 5.73 Å². The summed E-state index contributed by atoms with van der Waals surface area (Å²) in [6.45, 7) is 3.44. The molecule has 3 rings (SSSR count). The zero-order valence-corrected chi connectivity index (χ0v) is 12.0. The topological polar surface area (TPSA) is 29.3 Å². The van der Waals surface area contributed by atoms with E-state index in [4.69, 9.17) is 5.73 Å². The number of nitrogens with two attached hydrogens (primary N) is 1. The Kier molecular flexibility index (Phi) is 3.90. The summed E-state index contributed by atoms with van der Waals surface area (Å²) in [4.78, 5) is 2.70. The fraction of sp³-hybridized carbons (Fsp3) is 0.647. The maximum Gasteiger partial charge on any atom is 0.0456 e. The van der Waals surface area contributed by atoms with Crippen molar-refractivity contribution in [2.45, 2.75) is 63.6 Å². The lowest BCUT2D eigenvalue weighted by atomic mass is 9.83. The van der Waals surface area contributed by atoms with Crippen molar-refractivity contribution in [3.8, 4) is 0 Å². The Hall–Kier alpha value is -0.860. The third-order valence-electron chi connectivity index (χ3n) is 5.12. The summed E-state index contributed by atoms with van der Waals surface area (Å²) in [5, 5.41) is 0. The number of fused-ring (bicyclic) bond motifs is 1. The van der Waals surface area contributed by atoms with Crippen LogP contribution in [0.4, 0.5) is 0 Å². The van der Waals surface area contributed by atoms with Crippen LogP contribution < -0.4 is 5.73 Å². The van der Waals surface area contributed by atoms with Crippen molar-refractivity contribution < 1.29 is 0 Å². The molecule has 0 heterocycles. The minimum absolute atomic E-state index is 0.200. The Labute approximate surface area is 117 Å². The number of nitrogens with zero attached hydrogens (tertiary/aromatic N) is 1. The molecule has 0 aromatic heterocycles. The summed E-state index contributed by atoms with van der Waals surface area (Å²) in [7, 11) is 0. The number of benzene rings is 1. The van der Waals surface area contributed by atoms with Gasteiger partial charge in [0.25, 0.3) is 0 Å². The molecular formula is C17H26N2. The van der Waals surface area contributed by atoms with Crippen LogP contribution in [-0.2, 0) is 6.42 Å². The molecule has 2 heteroatoms. The second kappa shape index (κ2) is 5.64. The standard InChI is InChI=1S/C17H26N2/c1-2-19(14-8-4-5-9-14)16-12-11-13-7-3-6-10-15(13)17(16)18/h3,6-7,10,14,16-17H,2,4-5,8-9,11-12,18H2,1H3. The molecule has 2 atom stereocenters. The zero-order chi connectivity index (χ0) is 13.2. The maximum atomic E-state index is 6.59. The lowest BCUT2D eigenvalue weighted by Gasteiger charge is -2.42. The van der Waals surface area contributed by atoms with Crippen LogP contribution in [0.1, 0.15) is 56.2 Å². The molecular weight excluding hydrogens is 232 g/mol. The van der Waals surface area contributed by atoms with E-state index in [0.29, 0.717) is 6.04 Å². The maximum absolute atomic E-state index is 6.59. The summed E-state index contributed by atoms with van der Waals surface area (Å²) in [6.07, 6.45) is 7.97. The van der Waals surface area contributed by atoms with Gasteiger partial charge < -0.3 is 5.73 Å². The normalized spacial score (nSPS) is 27.7. The molecule has 2 nitrogen and oxygen atoms in total. The molecule has 2 N–H and O–H groups in total. The number of rotatable bonds is 3. The van der Waals surface area contributed by atoms with Gasteiger partial charge in [0.05, 0.1) is 0 Å². The van der Waals surface area contributed by atoms with Gasteiger partial charge in [-0.3, -0.25) is 4.90 Å². The van der Waals surface area contributed by atoms with E-state index in [1.165, 1.54) is 49.7 Å². The van der Waals surface area contributed by atoms with Crippen LogP contribution in [-0.4, -0.2) is 23.5 Å². The van der Waals surface area contributed by atoms with Gasteiger partial charge in [-0.1, -0.05) is 44.0 Å². The Morgan fingerprint density at radius 3 is 2.63 bits per heavy atom. The number of hydrogen-bond donors (Lipinski definition) is 1. The van der Waals surface area contributed by atoms with Gasteiger partial charge in [-0.2, -0.15) is 0 Å². The highest BCUT2D eigenvalue weighted by Crippen LogP contribution is 2.35. The van der Waals surface area contributed by atoms with Gasteiger partial charge >= 0.3 is 0 Å². The number of aryl methyl sites for hydroxylation is 1. The van der Waals surface area contributed by atoms with Gasteiger partial charge in [-0.15, -0.1) is 0 Å². The second-order valence-electron chi connectivity index (χ2n) is 6.10. The largest absolute Gasteiger partial charge is 0.323 e. The molecule has 2 aliphatic carbocycles. The van der Waals surface area contributed by atoms with Gasteiger partial charge in [-0.05, 0) is 43.4 Å². The molecule has 0 radical (unpaired) electrons. The van der Waals surface area contributed by atoms with Gasteiger partial charge in [0.2, 0.25) is 0 Å². The smallest absolute Gasteiger partial charge is 0.0456 e. The highest BCUT2D eigenvalue weighted by Gasteiger charge is 2.34. The van der Waals surface area contributed by atoms with Crippen molar-refractivity contribution in [3.05, 3.63) is 35.4 Å².